The van der Waals surface area contributed by atoms with E-state index in [1.807, 2.05) is 0 Å². The Hall–Kier alpha value is -2.76. The Morgan fingerprint density at radius 1 is 1.16 bits per heavy atom. The molecular formula is C13H11NO5. The maximum atomic E-state index is 11.4. The summed E-state index contributed by atoms with van der Waals surface area (Å²) in [5, 5.41) is 19.0. The number of hydrogen-bond acceptors (Lipinski definition) is 4. The first-order chi connectivity index (χ1) is 8.95. The van der Waals surface area contributed by atoms with Crippen molar-refractivity contribution in [1.29, 1.82) is 0 Å². The summed E-state index contributed by atoms with van der Waals surface area (Å²) in [6, 6.07) is 5.80. The van der Waals surface area contributed by atoms with Crippen LogP contribution in [-0.4, -0.2) is 29.3 Å². The molecule has 0 fully saturated rings. The van der Waals surface area contributed by atoms with Crippen LogP contribution in [0.15, 0.2) is 24.3 Å². The highest BCUT2D eigenvalue weighted by atomic mass is 16.5. The van der Waals surface area contributed by atoms with Crippen LogP contribution in [0.5, 0.6) is 5.75 Å². The minimum absolute atomic E-state index is 0.104. The average Bonchev–Trinajstić information content (AvgIpc) is 2.35. The van der Waals surface area contributed by atoms with E-state index in [2.05, 4.69) is 0 Å². The molecule has 19 heavy (non-hydrogen) atoms. The van der Waals surface area contributed by atoms with Crippen molar-refractivity contribution in [2.24, 2.45) is 0 Å². The molecule has 6 nitrogen and oxygen atoms in total. The summed E-state index contributed by atoms with van der Waals surface area (Å²) in [5.74, 6) is -2.39. The lowest BCUT2D eigenvalue weighted by Gasteiger charge is -2.11. The fourth-order valence-electron chi connectivity index (χ4n) is 2.02. The van der Waals surface area contributed by atoms with Crippen LogP contribution in [0, 0.1) is 0 Å². The highest BCUT2D eigenvalue weighted by Gasteiger charge is 2.21. The topological polar surface area (TPSA) is 110 Å². The number of carboxylic acids is 2. The summed E-state index contributed by atoms with van der Waals surface area (Å²) in [5.41, 5.74) is 5.53. The summed E-state index contributed by atoms with van der Waals surface area (Å²) < 4.78 is 4.97. The smallest absolute Gasteiger partial charge is 0.340 e. The number of hydrogen-bond donors (Lipinski definition) is 3. The van der Waals surface area contributed by atoms with Crippen molar-refractivity contribution in [2.45, 2.75) is 0 Å². The Morgan fingerprint density at radius 3 is 2.37 bits per heavy atom. The van der Waals surface area contributed by atoms with Crippen LogP contribution in [0.4, 0.5) is 5.69 Å². The van der Waals surface area contributed by atoms with Gasteiger partial charge < -0.3 is 20.7 Å². The van der Waals surface area contributed by atoms with Gasteiger partial charge in [0.05, 0.1) is 12.7 Å². The van der Waals surface area contributed by atoms with Crippen molar-refractivity contribution in [3.05, 3.63) is 35.4 Å². The maximum Gasteiger partial charge on any atom is 0.340 e. The first kappa shape index (κ1) is 12.7. The summed E-state index contributed by atoms with van der Waals surface area (Å²) in [7, 11) is 1.32. The molecule has 98 valence electrons. The number of benzene rings is 2. The Labute approximate surface area is 108 Å². The number of nitrogens with two attached hydrogens (primary N) is 1. The van der Waals surface area contributed by atoms with E-state index in [0.29, 0.717) is 5.39 Å². The minimum Gasteiger partial charge on any atom is -0.496 e. The van der Waals surface area contributed by atoms with Crippen LogP contribution in [0.2, 0.25) is 0 Å². The first-order valence-corrected chi connectivity index (χ1v) is 5.32. The number of carbonyl (C=O) groups is 2. The second-order valence-electron chi connectivity index (χ2n) is 3.92. The van der Waals surface area contributed by atoms with Crippen LogP contribution >= 0.6 is 0 Å². The molecule has 0 aromatic heterocycles. The van der Waals surface area contributed by atoms with Gasteiger partial charge in [-0.3, -0.25) is 0 Å². The van der Waals surface area contributed by atoms with Crippen molar-refractivity contribution < 1.29 is 24.5 Å². The first-order valence-electron chi connectivity index (χ1n) is 5.32. The molecule has 2 rings (SSSR count). The number of rotatable bonds is 3. The van der Waals surface area contributed by atoms with E-state index in [4.69, 9.17) is 10.5 Å². The normalized spacial score (nSPS) is 10.4. The maximum absolute atomic E-state index is 11.4. The molecule has 0 aliphatic carbocycles. The monoisotopic (exact) mass is 261 g/mol. The summed E-state index contributed by atoms with van der Waals surface area (Å²) in [4.78, 5) is 22.6. The second-order valence-corrected chi connectivity index (χ2v) is 3.92. The zero-order valence-corrected chi connectivity index (χ0v) is 10.0. The second kappa shape index (κ2) is 4.49. The Bertz CT molecular complexity index is 693. The van der Waals surface area contributed by atoms with E-state index in [1.54, 1.807) is 6.07 Å². The molecule has 0 heterocycles. The Kier molecular flexibility index (Phi) is 3.00. The fourth-order valence-corrected chi connectivity index (χ4v) is 2.02. The van der Waals surface area contributed by atoms with E-state index in [1.165, 1.54) is 25.3 Å². The molecule has 0 saturated carbocycles. The lowest BCUT2D eigenvalue weighted by molar-refractivity contribution is 0.0693. The highest BCUT2D eigenvalue weighted by Crippen LogP contribution is 2.32. The van der Waals surface area contributed by atoms with Gasteiger partial charge in [0.25, 0.3) is 0 Å². The number of aromatic carboxylic acids is 2. The van der Waals surface area contributed by atoms with Crippen LogP contribution < -0.4 is 10.5 Å². The molecule has 4 N–H and O–H groups in total. The van der Waals surface area contributed by atoms with Gasteiger partial charge in [-0.2, -0.15) is 0 Å². The number of nitrogen functional groups attached to an aromatic ring is 1. The standard InChI is InChI=1S/C13H11NO5/c1-19-9-3-2-6-4-7(14)5-8(12(15)16)10(6)11(9)13(17)18/h2-5H,14H2,1H3,(H,15,16)(H,17,18). The summed E-state index contributed by atoms with van der Waals surface area (Å²) >= 11 is 0. The highest BCUT2D eigenvalue weighted by molar-refractivity contribution is 6.15. The third-order valence-corrected chi connectivity index (χ3v) is 2.77. The predicted octanol–water partition coefficient (Wildman–Crippen LogP) is 1.83. The van der Waals surface area contributed by atoms with E-state index in [0.717, 1.165) is 0 Å². The van der Waals surface area contributed by atoms with Crippen LogP contribution in [0.1, 0.15) is 20.7 Å². The Morgan fingerprint density at radius 2 is 1.84 bits per heavy atom. The van der Waals surface area contributed by atoms with Gasteiger partial charge in [0, 0.05) is 11.1 Å². The lowest BCUT2D eigenvalue weighted by Crippen LogP contribution is -2.07. The van der Waals surface area contributed by atoms with Gasteiger partial charge in [-0.25, -0.2) is 9.59 Å². The van der Waals surface area contributed by atoms with Crippen molar-refractivity contribution in [3.8, 4) is 5.75 Å². The Balaban J connectivity index is 3.01. The minimum atomic E-state index is -1.25. The van der Waals surface area contributed by atoms with Gasteiger partial charge in [-0.1, -0.05) is 6.07 Å². The zero-order chi connectivity index (χ0) is 14.2. The molecule has 0 unspecified atom stereocenters. The van der Waals surface area contributed by atoms with Crippen molar-refractivity contribution in [1.82, 2.24) is 0 Å². The largest absolute Gasteiger partial charge is 0.496 e. The van der Waals surface area contributed by atoms with Gasteiger partial charge in [0.1, 0.15) is 11.3 Å². The molecule has 0 aliphatic heterocycles. The predicted molar refractivity (Wildman–Crippen MR) is 68.8 cm³/mol. The van der Waals surface area contributed by atoms with Crippen LogP contribution in [0.3, 0.4) is 0 Å². The molecule has 0 aliphatic rings. The number of carboxylic acid groups (broad SMARTS) is 2. The van der Waals surface area contributed by atoms with E-state index >= 15 is 0 Å². The fraction of sp³-hybridized carbons (Fsp3) is 0.0769. The molecule has 0 bridgehead atoms. The molecule has 0 radical (unpaired) electrons. The van der Waals surface area contributed by atoms with E-state index < -0.39 is 11.9 Å². The molecule has 2 aromatic rings. The molecular weight excluding hydrogens is 250 g/mol. The van der Waals surface area contributed by atoms with Gasteiger partial charge >= 0.3 is 11.9 Å². The number of anilines is 1. The van der Waals surface area contributed by atoms with E-state index in [9.17, 15) is 19.8 Å². The number of ether oxygens (including phenoxy) is 1. The SMILES string of the molecule is COc1ccc2cc(N)cc(C(=O)O)c2c1C(=O)O. The van der Waals surface area contributed by atoms with Gasteiger partial charge in [0.2, 0.25) is 0 Å². The summed E-state index contributed by atoms with van der Waals surface area (Å²) in [6.45, 7) is 0. The quantitative estimate of drug-likeness (QED) is 0.727. The summed E-state index contributed by atoms with van der Waals surface area (Å²) in [6.07, 6.45) is 0. The molecule has 0 amide bonds. The molecule has 0 spiro atoms. The molecule has 0 saturated heterocycles. The average molecular weight is 261 g/mol. The van der Waals surface area contributed by atoms with Crippen molar-refractivity contribution in [2.75, 3.05) is 12.8 Å². The zero-order valence-electron chi connectivity index (χ0n) is 10.0. The molecule has 6 heteroatoms. The third kappa shape index (κ3) is 2.03. The molecule has 0 atom stereocenters. The van der Waals surface area contributed by atoms with Crippen LogP contribution in [-0.2, 0) is 0 Å². The van der Waals surface area contributed by atoms with Gasteiger partial charge in [-0.15, -0.1) is 0 Å². The van der Waals surface area contributed by atoms with Crippen molar-refractivity contribution in [3.63, 3.8) is 0 Å². The van der Waals surface area contributed by atoms with Gasteiger partial charge in [-0.05, 0) is 23.6 Å². The third-order valence-electron chi connectivity index (χ3n) is 2.77. The molecule has 2 aromatic carbocycles. The number of methoxy groups -OCH3 is 1. The van der Waals surface area contributed by atoms with Crippen molar-refractivity contribution >= 4 is 28.4 Å². The van der Waals surface area contributed by atoms with Gasteiger partial charge in [0.15, 0.2) is 0 Å². The number of fused-ring (bicyclic) bond motifs is 1. The lowest BCUT2D eigenvalue weighted by atomic mass is 9.97. The van der Waals surface area contributed by atoms with Crippen LogP contribution in [0.25, 0.3) is 10.8 Å². The van der Waals surface area contributed by atoms with E-state index in [-0.39, 0.29) is 28.0 Å².